The summed E-state index contributed by atoms with van der Waals surface area (Å²) in [4.78, 5) is 16.8. The molecule has 3 aromatic rings. The Balaban J connectivity index is 1.84. The second-order valence-corrected chi connectivity index (χ2v) is 4.95. The Kier molecular flexibility index (Phi) is 3.78. The number of benzene rings is 1. The highest BCUT2D eigenvalue weighted by Crippen LogP contribution is 2.18. The number of rotatable bonds is 4. The average Bonchev–Trinajstić information content (AvgIpc) is 2.89. The molecule has 0 aliphatic rings. The highest BCUT2D eigenvalue weighted by atomic mass is 16.5. The molecule has 1 aromatic carbocycles. The summed E-state index contributed by atoms with van der Waals surface area (Å²) >= 11 is 0. The van der Waals surface area contributed by atoms with E-state index in [0.29, 0.717) is 17.8 Å². The number of hydrogen-bond acceptors (Lipinski definition) is 3. The summed E-state index contributed by atoms with van der Waals surface area (Å²) in [5.41, 5.74) is 2.80. The fraction of sp³-hybridized carbons (Fsp3) is 0.176. The number of carbonyl (C=O) groups is 1. The second-order valence-electron chi connectivity index (χ2n) is 4.95. The first-order chi connectivity index (χ1) is 10.7. The Morgan fingerprint density at radius 2 is 2.05 bits per heavy atom. The van der Waals surface area contributed by atoms with Gasteiger partial charge in [-0.05, 0) is 50.2 Å². The summed E-state index contributed by atoms with van der Waals surface area (Å²) < 4.78 is 7.23. The number of imidazole rings is 1. The van der Waals surface area contributed by atoms with Crippen molar-refractivity contribution in [2.45, 2.75) is 13.8 Å². The SMILES string of the molecule is CCOc1ccc(NC(=O)c2cccn3cc(C)nc23)cc1. The Hall–Kier alpha value is -2.82. The van der Waals surface area contributed by atoms with Gasteiger partial charge in [-0.2, -0.15) is 0 Å². The number of pyridine rings is 1. The van der Waals surface area contributed by atoms with Gasteiger partial charge in [-0.25, -0.2) is 4.98 Å². The smallest absolute Gasteiger partial charge is 0.259 e. The molecular weight excluding hydrogens is 278 g/mol. The van der Waals surface area contributed by atoms with Crippen LogP contribution in [0.25, 0.3) is 5.65 Å². The van der Waals surface area contributed by atoms with Crippen molar-refractivity contribution in [3.63, 3.8) is 0 Å². The summed E-state index contributed by atoms with van der Waals surface area (Å²) in [6.07, 6.45) is 3.77. The van der Waals surface area contributed by atoms with E-state index in [9.17, 15) is 4.79 Å². The van der Waals surface area contributed by atoms with Gasteiger partial charge in [-0.15, -0.1) is 0 Å². The maximum atomic E-state index is 12.5. The molecule has 0 saturated carbocycles. The first-order valence-electron chi connectivity index (χ1n) is 7.16. The van der Waals surface area contributed by atoms with Gasteiger partial charge in [0, 0.05) is 18.1 Å². The molecule has 3 rings (SSSR count). The van der Waals surface area contributed by atoms with Gasteiger partial charge >= 0.3 is 0 Å². The summed E-state index contributed by atoms with van der Waals surface area (Å²) in [7, 11) is 0. The zero-order valence-corrected chi connectivity index (χ0v) is 12.5. The topological polar surface area (TPSA) is 55.6 Å². The molecule has 5 nitrogen and oxygen atoms in total. The number of nitrogens with zero attached hydrogens (tertiary/aromatic N) is 2. The molecule has 22 heavy (non-hydrogen) atoms. The number of fused-ring (bicyclic) bond motifs is 1. The predicted molar refractivity (Wildman–Crippen MR) is 85.5 cm³/mol. The van der Waals surface area contributed by atoms with Crippen LogP contribution in [0.2, 0.25) is 0 Å². The standard InChI is InChI=1S/C17H17N3O2/c1-3-22-14-8-6-13(7-9-14)19-17(21)15-5-4-10-20-11-12(2)18-16(15)20/h4-11H,3H2,1-2H3,(H,19,21). The number of ether oxygens (including phenoxy) is 1. The Bertz CT molecular complexity index is 806. The largest absolute Gasteiger partial charge is 0.494 e. The summed E-state index contributed by atoms with van der Waals surface area (Å²) in [6, 6.07) is 10.9. The molecule has 0 fully saturated rings. The predicted octanol–water partition coefficient (Wildman–Crippen LogP) is 3.29. The Morgan fingerprint density at radius 3 is 2.77 bits per heavy atom. The van der Waals surface area contributed by atoms with Gasteiger partial charge in [-0.1, -0.05) is 0 Å². The van der Waals surface area contributed by atoms with Crippen molar-refractivity contribution in [2.75, 3.05) is 11.9 Å². The van der Waals surface area contributed by atoms with Crippen molar-refractivity contribution < 1.29 is 9.53 Å². The molecule has 0 saturated heterocycles. The van der Waals surface area contributed by atoms with E-state index >= 15 is 0 Å². The summed E-state index contributed by atoms with van der Waals surface area (Å²) in [5, 5.41) is 2.88. The Morgan fingerprint density at radius 1 is 1.27 bits per heavy atom. The zero-order chi connectivity index (χ0) is 15.5. The van der Waals surface area contributed by atoms with E-state index in [4.69, 9.17) is 4.74 Å². The zero-order valence-electron chi connectivity index (χ0n) is 12.5. The first-order valence-corrected chi connectivity index (χ1v) is 7.16. The van der Waals surface area contributed by atoms with Crippen molar-refractivity contribution in [1.29, 1.82) is 0 Å². The maximum Gasteiger partial charge on any atom is 0.259 e. The minimum absolute atomic E-state index is 0.180. The Labute approximate surface area is 128 Å². The molecule has 5 heteroatoms. The van der Waals surface area contributed by atoms with Crippen molar-refractivity contribution in [2.24, 2.45) is 0 Å². The molecule has 0 spiro atoms. The number of aryl methyl sites for hydroxylation is 1. The van der Waals surface area contributed by atoms with E-state index in [1.165, 1.54) is 0 Å². The molecule has 0 atom stereocenters. The van der Waals surface area contributed by atoms with E-state index in [0.717, 1.165) is 17.1 Å². The van der Waals surface area contributed by atoms with Crippen LogP contribution < -0.4 is 10.1 Å². The number of nitrogens with one attached hydrogen (secondary N) is 1. The number of anilines is 1. The van der Waals surface area contributed by atoms with E-state index < -0.39 is 0 Å². The molecule has 0 aliphatic heterocycles. The number of hydrogen-bond donors (Lipinski definition) is 1. The lowest BCUT2D eigenvalue weighted by atomic mass is 10.2. The quantitative estimate of drug-likeness (QED) is 0.803. The van der Waals surface area contributed by atoms with Crippen LogP contribution in [0.4, 0.5) is 5.69 Å². The molecule has 112 valence electrons. The molecule has 1 amide bonds. The van der Waals surface area contributed by atoms with Gasteiger partial charge in [0.2, 0.25) is 0 Å². The molecule has 0 unspecified atom stereocenters. The fourth-order valence-corrected chi connectivity index (χ4v) is 2.31. The van der Waals surface area contributed by atoms with Crippen LogP contribution in [0.3, 0.4) is 0 Å². The molecule has 0 radical (unpaired) electrons. The van der Waals surface area contributed by atoms with Crippen molar-refractivity contribution in [1.82, 2.24) is 9.38 Å². The summed E-state index contributed by atoms with van der Waals surface area (Å²) in [5.74, 6) is 0.604. The van der Waals surface area contributed by atoms with Crippen LogP contribution in [0, 0.1) is 6.92 Å². The van der Waals surface area contributed by atoms with E-state index in [-0.39, 0.29) is 5.91 Å². The number of aromatic nitrogens is 2. The highest BCUT2D eigenvalue weighted by molar-refractivity contribution is 6.08. The van der Waals surface area contributed by atoms with Crippen LogP contribution in [0.15, 0.2) is 48.8 Å². The van der Waals surface area contributed by atoms with Crippen LogP contribution in [0.5, 0.6) is 5.75 Å². The lowest BCUT2D eigenvalue weighted by Crippen LogP contribution is -2.13. The lowest BCUT2D eigenvalue weighted by molar-refractivity contribution is 0.102. The number of amides is 1. The molecule has 0 aliphatic carbocycles. The molecule has 1 N–H and O–H groups in total. The van der Waals surface area contributed by atoms with Gasteiger partial charge in [0.1, 0.15) is 11.4 Å². The van der Waals surface area contributed by atoms with Crippen LogP contribution in [-0.2, 0) is 0 Å². The maximum absolute atomic E-state index is 12.5. The van der Waals surface area contributed by atoms with Gasteiger partial charge < -0.3 is 14.5 Å². The minimum Gasteiger partial charge on any atom is -0.494 e. The third-order valence-corrected chi connectivity index (χ3v) is 3.27. The van der Waals surface area contributed by atoms with Gasteiger partial charge in [0.05, 0.1) is 17.9 Å². The van der Waals surface area contributed by atoms with Crippen LogP contribution >= 0.6 is 0 Å². The molecule has 2 aromatic heterocycles. The van der Waals surface area contributed by atoms with Crippen molar-refractivity contribution in [3.8, 4) is 5.75 Å². The van der Waals surface area contributed by atoms with E-state index in [2.05, 4.69) is 10.3 Å². The third-order valence-electron chi connectivity index (χ3n) is 3.27. The second kappa shape index (κ2) is 5.89. The van der Waals surface area contributed by atoms with E-state index in [1.54, 1.807) is 6.07 Å². The van der Waals surface area contributed by atoms with Gasteiger partial charge in [0.25, 0.3) is 5.91 Å². The van der Waals surface area contributed by atoms with Crippen LogP contribution in [0.1, 0.15) is 23.0 Å². The monoisotopic (exact) mass is 295 g/mol. The average molecular weight is 295 g/mol. The lowest BCUT2D eigenvalue weighted by Gasteiger charge is -2.08. The van der Waals surface area contributed by atoms with Crippen LogP contribution in [-0.4, -0.2) is 21.9 Å². The molecule has 2 heterocycles. The third kappa shape index (κ3) is 2.79. The van der Waals surface area contributed by atoms with Crippen molar-refractivity contribution >= 4 is 17.2 Å². The molecule has 0 bridgehead atoms. The minimum atomic E-state index is -0.180. The highest BCUT2D eigenvalue weighted by Gasteiger charge is 2.12. The van der Waals surface area contributed by atoms with Gasteiger partial charge in [-0.3, -0.25) is 4.79 Å². The summed E-state index contributed by atoms with van der Waals surface area (Å²) in [6.45, 7) is 4.46. The fourth-order valence-electron chi connectivity index (χ4n) is 2.31. The normalized spacial score (nSPS) is 10.6. The first kappa shape index (κ1) is 14.1. The number of carbonyl (C=O) groups excluding carboxylic acids is 1. The molecular formula is C17H17N3O2. The van der Waals surface area contributed by atoms with Crippen molar-refractivity contribution in [3.05, 3.63) is 60.0 Å². The van der Waals surface area contributed by atoms with Gasteiger partial charge in [0.15, 0.2) is 0 Å². The van der Waals surface area contributed by atoms with E-state index in [1.807, 2.05) is 61.0 Å².